The number of rotatable bonds is 7. The number of carbonyl (C=O) groups is 1. The van der Waals surface area contributed by atoms with Crippen molar-refractivity contribution in [2.45, 2.75) is 32.5 Å². The highest BCUT2D eigenvalue weighted by Gasteiger charge is 2.31. The number of carbonyl (C=O) groups excluding carboxylic acids is 1. The first kappa shape index (κ1) is 25.8. The van der Waals surface area contributed by atoms with Gasteiger partial charge < -0.3 is 10.1 Å². The summed E-state index contributed by atoms with van der Waals surface area (Å²) in [6.45, 7) is 3.20. The Morgan fingerprint density at radius 1 is 1.17 bits per heavy atom. The Bertz CT molecular complexity index is 1260. The number of halogens is 4. The second kappa shape index (κ2) is 11.1. The molecular formula is C26H21ClF3N3O2. The van der Waals surface area contributed by atoms with Crippen LogP contribution in [-0.2, 0) is 17.4 Å². The molecule has 0 aliphatic carbocycles. The average molecular weight is 500 g/mol. The number of amides is 1. The number of benzene rings is 2. The molecule has 1 atom stereocenters. The van der Waals surface area contributed by atoms with Crippen LogP contribution in [0, 0.1) is 11.3 Å². The minimum absolute atomic E-state index is 0.106. The van der Waals surface area contributed by atoms with Crippen LogP contribution in [0.5, 0.6) is 5.88 Å². The summed E-state index contributed by atoms with van der Waals surface area (Å²) in [7, 11) is 0. The zero-order chi connectivity index (χ0) is 25.6. The summed E-state index contributed by atoms with van der Waals surface area (Å²) in [5.41, 5.74) is 2.58. The third-order valence-electron chi connectivity index (χ3n) is 5.13. The molecule has 0 saturated heterocycles. The Morgan fingerprint density at radius 2 is 1.89 bits per heavy atom. The molecule has 0 spiro atoms. The smallest absolute Gasteiger partial charge is 0.417 e. The standard InChI is InChI=1S/C26H21ClF3N3O2/c1-16(33-25(34)17(2)35-24-11-8-21(15-32-24)26(28,29)30)23(13-18-6-9-22(27)10-7-18)20-5-3-4-19(12-20)14-31/h3-12,15,17H,13H2,1-2H3,(H,33,34)/b23-16-. The zero-order valence-corrected chi connectivity index (χ0v) is 19.6. The molecule has 0 saturated carbocycles. The summed E-state index contributed by atoms with van der Waals surface area (Å²) in [5, 5.41) is 12.7. The second-order valence-electron chi connectivity index (χ2n) is 7.73. The maximum absolute atomic E-state index is 12.8. The highest BCUT2D eigenvalue weighted by Crippen LogP contribution is 2.29. The Labute approximate surface area is 205 Å². The number of nitrogens with one attached hydrogen (secondary N) is 1. The molecule has 35 heavy (non-hydrogen) atoms. The number of allylic oxidation sites excluding steroid dienone is 2. The van der Waals surface area contributed by atoms with Gasteiger partial charge in [-0.05, 0) is 67.3 Å². The van der Waals surface area contributed by atoms with E-state index in [1.54, 1.807) is 37.3 Å². The van der Waals surface area contributed by atoms with Crippen molar-refractivity contribution in [2.75, 3.05) is 0 Å². The molecule has 0 aliphatic heterocycles. The van der Waals surface area contributed by atoms with Crippen LogP contribution in [0.4, 0.5) is 13.2 Å². The number of ether oxygens (including phenoxy) is 1. The fourth-order valence-electron chi connectivity index (χ4n) is 3.25. The molecule has 5 nitrogen and oxygen atoms in total. The van der Waals surface area contributed by atoms with Gasteiger partial charge >= 0.3 is 6.18 Å². The predicted molar refractivity (Wildman–Crippen MR) is 126 cm³/mol. The van der Waals surface area contributed by atoms with Crippen LogP contribution >= 0.6 is 11.6 Å². The van der Waals surface area contributed by atoms with Crippen molar-refractivity contribution < 1.29 is 22.7 Å². The van der Waals surface area contributed by atoms with Crippen LogP contribution in [0.2, 0.25) is 5.02 Å². The summed E-state index contributed by atoms with van der Waals surface area (Å²) in [6.07, 6.45) is -4.44. The minimum Gasteiger partial charge on any atom is -0.465 e. The van der Waals surface area contributed by atoms with Crippen LogP contribution in [0.25, 0.3) is 5.57 Å². The molecule has 1 aromatic heterocycles. The monoisotopic (exact) mass is 499 g/mol. The number of hydrogen-bond acceptors (Lipinski definition) is 4. The van der Waals surface area contributed by atoms with Gasteiger partial charge in [-0.1, -0.05) is 35.9 Å². The molecule has 3 aromatic rings. The molecule has 2 aromatic carbocycles. The number of nitriles is 1. The van der Waals surface area contributed by atoms with Gasteiger partial charge in [-0.25, -0.2) is 4.98 Å². The highest BCUT2D eigenvalue weighted by atomic mass is 35.5. The lowest BCUT2D eigenvalue weighted by Gasteiger charge is -2.18. The number of aromatic nitrogens is 1. The summed E-state index contributed by atoms with van der Waals surface area (Å²) in [4.78, 5) is 16.4. The summed E-state index contributed by atoms with van der Waals surface area (Å²) >= 11 is 5.99. The molecule has 0 radical (unpaired) electrons. The SMILES string of the molecule is C/C(NC(=O)C(C)Oc1ccc(C(F)(F)F)cn1)=C(\Cc1ccc(Cl)cc1)c1cccc(C#N)c1. The normalized spacial score (nSPS) is 12.8. The first-order valence-electron chi connectivity index (χ1n) is 10.5. The second-order valence-corrected chi connectivity index (χ2v) is 8.17. The van der Waals surface area contributed by atoms with E-state index in [2.05, 4.69) is 16.4 Å². The highest BCUT2D eigenvalue weighted by molar-refractivity contribution is 6.30. The van der Waals surface area contributed by atoms with Crippen molar-refractivity contribution in [1.29, 1.82) is 5.26 Å². The number of nitrogens with zero attached hydrogens (tertiary/aromatic N) is 2. The average Bonchev–Trinajstić information content (AvgIpc) is 2.83. The van der Waals surface area contributed by atoms with Crippen molar-refractivity contribution >= 4 is 23.1 Å². The lowest BCUT2D eigenvalue weighted by atomic mass is 9.95. The van der Waals surface area contributed by atoms with Gasteiger partial charge in [-0.15, -0.1) is 0 Å². The molecule has 3 rings (SSSR count). The lowest BCUT2D eigenvalue weighted by molar-refractivity contribution is -0.138. The molecular weight excluding hydrogens is 479 g/mol. The van der Waals surface area contributed by atoms with E-state index < -0.39 is 23.8 Å². The van der Waals surface area contributed by atoms with Gasteiger partial charge in [0.2, 0.25) is 5.88 Å². The van der Waals surface area contributed by atoms with Crippen molar-refractivity contribution in [3.8, 4) is 11.9 Å². The Balaban J connectivity index is 1.82. The fraction of sp³-hybridized carbons (Fsp3) is 0.192. The van der Waals surface area contributed by atoms with Crippen LogP contribution in [0.15, 0.2) is 72.6 Å². The van der Waals surface area contributed by atoms with E-state index in [0.29, 0.717) is 28.9 Å². The molecule has 0 bridgehead atoms. The first-order valence-corrected chi connectivity index (χ1v) is 10.9. The third kappa shape index (κ3) is 7.08. The number of hydrogen-bond donors (Lipinski definition) is 1. The van der Waals surface area contributed by atoms with Crippen molar-refractivity contribution in [1.82, 2.24) is 10.3 Å². The van der Waals surface area contributed by atoms with Crippen LogP contribution in [-0.4, -0.2) is 17.0 Å². The maximum atomic E-state index is 12.8. The van der Waals surface area contributed by atoms with Crippen molar-refractivity contribution in [2.24, 2.45) is 0 Å². The molecule has 1 heterocycles. The molecule has 1 unspecified atom stereocenters. The molecule has 0 fully saturated rings. The Kier molecular flexibility index (Phi) is 8.15. The predicted octanol–water partition coefficient (Wildman–Crippen LogP) is 6.18. The maximum Gasteiger partial charge on any atom is 0.417 e. The molecule has 0 aliphatic rings. The quantitative estimate of drug-likeness (QED) is 0.421. The molecule has 180 valence electrons. The van der Waals surface area contributed by atoms with Gasteiger partial charge in [0.05, 0.1) is 17.2 Å². The van der Waals surface area contributed by atoms with Crippen LogP contribution < -0.4 is 10.1 Å². The van der Waals surface area contributed by atoms with E-state index in [9.17, 15) is 23.2 Å². The summed E-state index contributed by atoms with van der Waals surface area (Å²) < 4.78 is 43.6. The third-order valence-corrected chi connectivity index (χ3v) is 5.38. The van der Waals surface area contributed by atoms with Gasteiger partial charge in [-0.2, -0.15) is 18.4 Å². The van der Waals surface area contributed by atoms with E-state index >= 15 is 0 Å². The Morgan fingerprint density at radius 3 is 2.49 bits per heavy atom. The van der Waals surface area contributed by atoms with Gasteiger partial charge in [0, 0.05) is 23.0 Å². The molecule has 9 heteroatoms. The molecule has 1 N–H and O–H groups in total. The van der Waals surface area contributed by atoms with Gasteiger partial charge in [-0.3, -0.25) is 4.79 Å². The minimum atomic E-state index is -4.51. The lowest BCUT2D eigenvalue weighted by Crippen LogP contribution is -2.36. The summed E-state index contributed by atoms with van der Waals surface area (Å²) in [5.74, 6) is -0.611. The van der Waals surface area contributed by atoms with E-state index in [-0.39, 0.29) is 5.88 Å². The van der Waals surface area contributed by atoms with Crippen LogP contribution in [0.3, 0.4) is 0 Å². The van der Waals surface area contributed by atoms with E-state index in [0.717, 1.165) is 28.8 Å². The van der Waals surface area contributed by atoms with Crippen molar-refractivity contribution in [3.05, 3.63) is 99.8 Å². The van der Waals surface area contributed by atoms with E-state index in [1.165, 1.54) is 6.92 Å². The number of pyridine rings is 1. The topological polar surface area (TPSA) is 75.0 Å². The van der Waals surface area contributed by atoms with Gasteiger partial charge in [0.15, 0.2) is 6.10 Å². The van der Waals surface area contributed by atoms with Crippen LogP contribution in [0.1, 0.15) is 36.1 Å². The molecule has 1 amide bonds. The zero-order valence-electron chi connectivity index (χ0n) is 18.9. The van der Waals surface area contributed by atoms with E-state index in [1.807, 2.05) is 18.2 Å². The fourth-order valence-corrected chi connectivity index (χ4v) is 3.37. The van der Waals surface area contributed by atoms with Gasteiger partial charge in [0.25, 0.3) is 5.91 Å². The largest absolute Gasteiger partial charge is 0.465 e. The first-order chi connectivity index (χ1) is 16.6. The Hall–Kier alpha value is -3.83. The number of alkyl halides is 3. The summed E-state index contributed by atoms with van der Waals surface area (Å²) in [6, 6.07) is 18.3. The van der Waals surface area contributed by atoms with Gasteiger partial charge in [0.1, 0.15) is 0 Å². The van der Waals surface area contributed by atoms with Crippen molar-refractivity contribution in [3.63, 3.8) is 0 Å². The van der Waals surface area contributed by atoms with E-state index in [4.69, 9.17) is 16.3 Å².